The lowest BCUT2D eigenvalue weighted by Crippen LogP contribution is -2.21. The van der Waals surface area contributed by atoms with Crippen LogP contribution < -0.4 is 20.3 Å². The minimum Gasteiger partial charge on any atom is -0.486 e. The monoisotopic (exact) mass is 419 g/mol. The van der Waals surface area contributed by atoms with Gasteiger partial charge < -0.3 is 14.0 Å². The summed E-state index contributed by atoms with van der Waals surface area (Å²) in [6.07, 6.45) is 0. The molecule has 1 N–H and O–H groups in total. The number of thiazole rings is 1. The topological polar surface area (TPSA) is 82.5 Å². The van der Waals surface area contributed by atoms with Crippen LogP contribution in [0.5, 0.6) is 11.5 Å². The molecule has 0 saturated carbocycles. The van der Waals surface area contributed by atoms with Gasteiger partial charge in [0.25, 0.3) is 11.5 Å². The van der Waals surface area contributed by atoms with Crippen LogP contribution in [-0.2, 0) is 7.05 Å². The number of hydrogen-bond acceptors (Lipinski definition) is 6. The predicted molar refractivity (Wildman–Crippen MR) is 116 cm³/mol. The van der Waals surface area contributed by atoms with E-state index in [0.717, 1.165) is 11.3 Å². The first-order valence-corrected chi connectivity index (χ1v) is 10.2. The van der Waals surface area contributed by atoms with Gasteiger partial charge in [0.15, 0.2) is 16.6 Å². The molecule has 0 atom stereocenters. The maximum Gasteiger partial charge on any atom is 0.258 e. The molecule has 0 saturated heterocycles. The zero-order chi connectivity index (χ0) is 20.7. The quantitative estimate of drug-likeness (QED) is 0.548. The molecule has 3 heterocycles. The Morgan fingerprint density at radius 3 is 2.77 bits per heavy atom. The molecule has 2 aromatic carbocycles. The van der Waals surface area contributed by atoms with Gasteiger partial charge in [-0.2, -0.15) is 0 Å². The van der Waals surface area contributed by atoms with E-state index >= 15 is 0 Å². The Morgan fingerprint density at radius 2 is 1.90 bits per heavy atom. The van der Waals surface area contributed by atoms with E-state index in [-0.39, 0.29) is 11.5 Å². The molecule has 4 aromatic rings. The van der Waals surface area contributed by atoms with Crippen molar-refractivity contribution in [2.75, 3.05) is 18.5 Å². The molecule has 0 unspecified atom stereocenters. The van der Waals surface area contributed by atoms with Crippen molar-refractivity contribution in [1.29, 1.82) is 0 Å². The smallest absolute Gasteiger partial charge is 0.258 e. The third-order valence-corrected chi connectivity index (χ3v) is 5.72. The van der Waals surface area contributed by atoms with Crippen molar-refractivity contribution >= 4 is 33.3 Å². The van der Waals surface area contributed by atoms with E-state index in [1.54, 1.807) is 7.05 Å². The van der Waals surface area contributed by atoms with Gasteiger partial charge in [0.1, 0.15) is 13.2 Å². The number of anilines is 1. The predicted octanol–water partition coefficient (Wildman–Crippen LogP) is 3.69. The van der Waals surface area contributed by atoms with Crippen LogP contribution in [0.15, 0.2) is 58.7 Å². The third-order valence-electron chi connectivity index (χ3n) is 4.96. The normalized spacial score (nSPS) is 12.7. The van der Waals surface area contributed by atoms with Crippen molar-refractivity contribution in [3.8, 4) is 22.8 Å². The highest BCUT2D eigenvalue weighted by Crippen LogP contribution is 2.35. The van der Waals surface area contributed by atoms with Gasteiger partial charge in [-0.3, -0.25) is 14.9 Å². The first kappa shape index (κ1) is 18.4. The number of pyridine rings is 1. The van der Waals surface area contributed by atoms with Gasteiger partial charge in [0, 0.05) is 29.4 Å². The second-order valence-corrected chi connectivity index (χ2v) is 7.68. The van der Waals surface area contributed by atoms with Crippen molar-refractivity contribution in [2.24, 2.45) is 7.05 Å². The summed E-state index contributed by atoms with van der Waals surface area (Å²) < 4.78 is 12.7. The summed E-state index contributed by atoms with van der Waals surface area (Å²) in [5.74, 6) is 1.03. The molecule has 2 aromatic heterocycles. The molecule has 1 aliphatic heterocycles. The molecule has 0 bridgehead atoms. The van der Waals surface area contributed by atoms with Crippen LogP contribution >= 0.6 is 11.3 Å². The van der Waals surface area contributed by atoms with E-state index in [4.69, 9.17) is 9.47 Å². The largest absolute Gasteiger partial charge is 0.486 e. The summed E-state index contributed by atoms with van der Waals surface area (Å²) in [5, 5.41) is 5.84. The lowest BCUT2D eigenvalue weighted by atomic mass is 10.1. The van der Waals surface area contributed by atoms with Gasteiger partial charge >= 0.3 is 0 Å². The summed E-state index contributed by atoms with van der Waals surface area (Å²) in [5.41, 5.74) is 2.38. The van der Waals surface area contributed by atoms with E-state index in [1.165, 1.54) is 22.0 Å². The maximum atomic E-state index is 12.9. The van der Waals surface area contributed by atoms with Crippen molar-refractivity contribution in [3.05, 3.63) is 69.8 Å². The highest BCUT2D eigenvalue weighted by atomic mass is 32.1. The summed E-state index contributed by atoms with van der Waals surface area (Å²) >= 11 is 1.32. The van der Waals surface area contributed by atoms with Crippen LogP contribution in [0.2, 0.25) is 0 Å². The lowest BCUT2D eigenvalue weighted by Gasteiger charge is -2.18. The van der Waals surface area contributed by atoms with Crippen molar-refractivity contribution < 1.29 is 14.3 Å². The fraction of sp³-hybridized carbons (Fsp3) is 0.136. The van der Waals surface area contributed by atoms with E-state index in [1.807, 2.05) is 47.8 Å². The van der Waals surface area contributed by atoms with Crippen LogP contribution in [0.25, 0.3) is 22.2 Å². The molecule has 7 nitrogen and oxygen atoms in total. The number of nitrogens with one attached hydrogen (secondary N) is 1. The Balaban J connectivity index is 1.44. The van der Waals surface area contributed by atoms with Gasteiger partial charge in [-0.1, -0.05) is 18.2 Å². The highest BCUT2D eigenvalue weighted by Gasteiger charge is 2.17. The molecule has 30 heavy (non-hydrogen) atoms. The molecule has 0 aliphatic carbocycles. The molecule has 1 aliphatic rings. The van der Waals surface area contributed by atoms with Crippen molar-refractivity contribution in [2.45, 2.75) is 0 Å². The minimum atomic E-state index is -0.369. The Bertz CT molecular complexity index is 1340. The summed E-state index contributed by atoms with van der Waals surface area (Å²) in [6, 6.07) is 14.3. The van der Waals surface area contributed by atoms with Crippen LogP contribution in [0.1, 0.15) is 10.4 Å². The van der Waals surface area contributed by atoms with Gasteiger partial charge in [0.05, 0.1) is 16.8 Å². The third kappa shape index (κ3) is 3.21. The molecule has 1 amide bonds. The number of carbonyl (C=O) groups excluding carboxylic acids is 1. The second-order valence-electron chi connectivity index (χ2n) is 6.82. The summed E-state index contributed by atoms with van der Waals surface area (Å²) in [7, 11) is 1.69. The van der Waals surface area contributed by atoms with Gasteiger partial charge in [0.2, 0.25) is 0 Å². The van der Waals surface area contributed by atoms with Gasteiger partial charge in [-0.05, 0) is 24.3 Å². The molecule has 150 valence electrons. The fourth-order valence-electron chi connectivity index (χ4n) is 3.43. The second kappa shape index (κ2) is 7.31. The summed E-state index contributed by atoms with van der Waals surface area (Å²) in [6.45, 7) is 1.05. The van der Waals surface area contributed by atoms with E-state index in [0.29, 0.717) is 46.3 Å². The Labute approximate surface area is 175 Å². The molecule has 0 spiro atoms. The SMILES string of the molecule is Cn1c(=O)cc(C(=O)Nc2nc(-c3ccc4c(c3)OCCO4)cs2)c2ccccc21. The molecule has 8 heteroatoms. The molecule has 5 rings (SSSR count). The fourth-order valence-corrected chi connectivity index (χ4v) is 4.14. The number of fused-ring (bicyclic) bond motifs is 2. The van der Waals surface area contributed by atoms with E-state index < -0.39 is 0 Å². The molecule has 0 fully saturated rings. The van der Waals surface area contributed by atoms with Crippen molar-refractivity contribution in [3.63, 3.8) is 0 Å². The number of carbonyl (C=O) groups is 1. The minimum absolute atomic E-state index is 0.241. The van der Waals surface area contributed by atoms with E-state index in [2.05, 4.69) is 10.3 Å². The number of aryl methyl sites for hydroxylation is 1. The first-order chi connectivity index (χ1) is 14.6. The first-order valence-electron chi connectivity index (χ1n) is 9.36. The lowest BCUT2D eigenvalue weighted by molar-refractivity contribution is 0.102. The number of para-hydroxylation sites is 1. The molecular weight excluding hydrogens is 402 g/mol. The zero-order valence-corrected chi connectivity index (χ0v) is 16.9. The maximum absolute atomic E-state index is 12.9. The molecular formula is C22H17N3O4S. The number of rotatable bonds is 3. The van der Waals surface area contributed by atoms with Crippen LogP contribution in [0.4, 0.5) is 5.13 Å². The van der Waals surface area contributed by atoms with Gasteiger partial charge in [-0.25, -0.2) is 4.98 Å². The number of aromatic nitrogens is 2. The Kier molecular flexibility index (Phi) is 4.48. The molecule has 0 radical (unpaired) electrons. The number of nitrogens with zero attached hydrogens (tertiary/aromatic N) is 2. The number of hydrogen-bond donors (Lipinski definition) is 1. The summed E-state index contributed by atoms with van der Waals surface area (Å²) in [4.78, 5) is 29.7. The van der Waals surface area contributed by atoms with Crippen LogP contribution in [0.3, 0.4) is 0 Å². The number of amides is 1. The van der Waals surface area contributed by atoms with Crippen LogP contribution in [0, 0.1) is 0 Å². The Hall–Kier alpha value is -3.65. The number of benzene rings is 2. The van der Waals surface area contributed by atoms with Crippen molar-refractivity contribution in [1.82, 2.24) is 9.55 Å². The van der Waals surface area contributed by atoms with E-state index in [9.17, 15) is 9.59 Å². The number of ether oxygens (including phenoxy) is 2. The average molecular weight is 419 g/mol. The standard InChI is InChI=1S/C22H17N3O4S/c1-25-17-5-3-2-4-14(17)15(11-20(25)26)21(27)24-22-23-16(12-30-22)13-6-7-18-19(10-13)29-9-8-28-18/h2-7,10-12H,8-9H2,1H3,(H,23,24,27). The van der Waals surface area contributed by atoms with Crippen LogP contribution in [-0.4, -0.2) is 28.7 Å². The van der Waals surface area contributed by atoms with Gasteiger partial charge in [-0.15, -0.1) is 11.3 Å². The zero-order valence-electron chi connectivity index (χ0n) is 16.0. The Morgan fingerprint density at radius 1 is 1.10 bits per heavy atom. The average Bonchev–Trinajstić information content (AvgIpc) is 3.24. The highest BCUT2D eigenvalue weighted by molar-refractivity contribution is 7.14.